The predicted octanol–water partition coefficient (Wildman–Crippen LogP) is 1.58. The lowest BCUT2D eigenvalue weighted by Crippen LogP contribution is -2.42. The number of hydrogen-bond acceptors (Lipinski definition) is 4. The molecule has 0 bridgehead atoms. The van der Waals surface area contributed by atoms with E-state index in [4.69, 9.17) is 9.47 Å². The monoisotopic (exact) mass is 231 g/mol. The van der Waals surface area contributed by atoms with Gasteiger partial charge in [-0.25, -0.2) is 0 Å². The first-order valence-electron chi connectivity index (χ1n) is 5.91. The maximum absolute atomic E-state index is 5.55. The lowest BCUT2D eigenvalue weighted by Gasteiger charge is -2.34. The zero-order chi connectivity index (χ0) is 10.5. The number of rotatable bonds is 3. The topological polar surface area (TPSA) is 21.7 Å². The first kappa shape index (κ1) is 11.7. The van der Waals surface area contributed by atoms with Crippen LogP contribution in [0, 0.1) is 0 Å². The van der Waals surface area contributed by atoms with Crippen molar-refractivity contribution in [2.75, 3.05) is 37.8 Å². The molecule has 0 amide bonds. The van der Waals surface area contributed by atoms with E-state index in [1.165, 1.54) is 18.1 Å². The smallest absolute Gasteiger partial charge is 0.158 e. The third-order valence-corrected chi connectivity index (χ3v) is 4.24. The van der Waals surface area contributed by atoms with Crippen LogP contribution in [-0.4, -0.2) is 55.0 Å². The van der Waals surface area contributed by atoms with Crippen LogP contribution in [0.1, 0.15) is 19.8 Å². The van der Waals surface area contributed by atoms with Gasteiger partial charge in [-0.1, -0.05) is 0 Å². The highest BCUT2D eigenvalue weighted by atomic mass is 32.2. The molecule has 2 aliphatic heterocycles. The molecule has 2 heterocycles. The molecule has 2 saturated heterocycles. The lowest BCUT2D eigenvalue weighted by molar-refractivity contribution is -0.183. The van der Waals surface area contributed by atoms with Crippen molar-refractivity contribution in [3.8, 4) is 0 Å². The molecule has 4 heteroatoms. The minimum atomic E-state index is 0.0560. The first-order chi connectivity index (χ1) is 7.36. The molecular weight excluding hydrogens is 210 g/mol. The molecule has 0 N–H and O–H groups in total. The number of nitrogens with zero attached hydrogens (tertiary/aromatic N) is 1. The van der Waals surface area contributed by atoms with Crippen molar-refractivity contribution in [2.24, 2.45) is 0 Å². The fraction of sp³-hybridized carbons (Fsp3) is 1.00. The Balaban J connectivity index is 1.67. The summed E-state index contributed by atoms with van der Waals surface area (Å²) in [5, 5.41) is 0. The SMILES string of the molecule is CC1CSCCN1CCC1OCCCO1. The summed E-state index contributed by atoms with van der Waals surface area (Å²) in [5.41, 5.74) is 0. The van der Waals surface area contributed by atoms with Crippen LogP contribution in [0.5, 0.6) is 0 Å². The summed E-state index contributed by atoms with van der Waals surface area (Å²) >= 11 is 2.06. The van der Waals surface area contributed by atoms with Crippen molar-refractivity contribution in [1.82, 2.24) is 4.90 Å². The van der Waals surface area contributed by atoms with Crippen LogP contribution in [0.3, 0.4) is 0 Å². The fourth-order valence-corrected chi connectivity index (χ4v) is 3.15. The van der Waals surface area contributed by atoms with Gasteiger partial charge in [-0.2, -0.15) is 11.8 Å². The van der Waals surface area contributed by atoms with E-state index < -0.39 is 0 Å². The second-order valence-electron chi connectivity index (χ2n) is 4.27. The van der Waals surface area contributed by atoms with Gasteiger partial charge in [0, 0.05) is 37.1 Å². The van der Waals surface area contributed by atoms with E-state index in [1.807, 2.05) is 0 Å². The quantitative estimate of drug-likeness (QED) is 0.735. The van der Waals surface area contributed by atoms with Crippen LogP contribution in [0.25, 0.3) is 0 Å². The van der Waals surface area contributed by atoms with Gasteiger partial charge in [0.2, 0.25) is 0 Å². The minimum absolute atomic E-state index is 0.0560. The highest BCUT2D eigenvalue weighted by Gasteiger charge is 2.21. The molecule has 2 aliphatic rings. The van der Waals surface area contributed by atoms with E-state index in [2.05, 4.69) is 23.6 Å². The molecule has 88 valence electrons. The Hall–Kier alpha value is 0.230. The van der Waals surface area contributed by atoms with Gasteiger partial charge in [0.05, 0.1) is 13.2 Å². The second-order valence-corrected chi connectivity index (χ2v) is 5.42. The van der Waals surface area contributed by atoms with Crippen LogP contribution in [-0.2, 0) is 9.47 Å². The number of thioether (sulfide) groups is 1. The van der Waals surface area contributed by atoms with Crippen LogP contribution in [0.2, 0.25) is 0 Å². The number of ether oxygens (including phenoxy) is 2. The molecule has 15 heavy (non-hydrogen) atoms. The molecule has 2 rings (SSSR count). The summed E-state index contributed by atoms with van der Waals surface area (Å²) in [6, 6.07) is 0.715. The van der Waals surface area contributed by atoms with Gasteiger partial charge in [-0.15, -0.1) is 0 Å². The van der Waals surface area contributed by atoms with E-state index >= 15 is 0 Å². The average molecular weight is 231 g/mol. The number of hydrogen-bond donors (Lipinski definition) is 0. The zero-order valence-corrected chi connectivity index (χ0v) is 10.3. The fourth-order valence-electron chi connectivity index (χ4n) is 2.07. The van der Waals surface area contributed by atoms with Crippen molar-refractivity contribution in [3.05, 3.63) is 0 Å². The van der Waals surface area contributed by atoms with Crippen LogP contribution >= 0.6 is 11.8 Å². The third-order valence-electron chi connectivity index (χ3n) is 3.05. The Morgan fingerprint density at radius 2 is 2.13 bits per heavy atom. The van der Waals surface area contributed by atoms with Gasteiger partial charge in [0.15, 0.2) is 6.29 Å². The molecule has 0 aromatic heterocycles. The summed E-state index contributed by atoms with van der Waals surface area (Å²) in [5.74, 6) is 2.54. The van der Waals surface area contributed by atoms with E-state index in [9.17, 15) is 0 Å². The lowest BCUT2D eigenvalue weighted by atomic mass is 10.2. The first-order valence-corrected chi connectivity index (χ1v) is 7.07. The predicted molar refractivity (Wildman–Crippen MR) is 63.3 cm³/mol. The van der Waals surface area contributed by atoms with Gasteiger partial charge in [-0.05, 0) is 13.3 Å². The summed E-state index contributed by atoms with van der Waals surface area (Å²) in [7, 11) is 0. The van der Waals surface area contributed by atoms with Crippen molar-refractivity contribution in [3.63, 3.8) is 0 Å². The maximum Gasteiger partial charge on any atom is 0.158 e. The van der Waals surface area contributed by atoms with E-state index in [-0.39, 0.29) is 6.29 Å². The van der Waals surface area contributed by atoms with Crippen molar-refractivity contribution >= 4 is 11.8 Å². The van der Waals surface area contributed by atoms with E-state index in [1.54, 1.807) is 0 Å². The highest BCUT2D eigenvalue weighted by Crippen LogP contribution is 2.17. The molecule has 1 atom stereocenters. The Bertz CT molecular complexity index is 185. The standard InChI is InChI=1S/C11H21NO2S/c1-10-9-15-8-5-12(10)4-3-11-13-6-2-7-14-11/h10-11H,2-9H2,1H3. The molecule has 3 nitrogen and oxygen atoms in total. The summed E-state index contributed by atoms with van der Waals surface area (Å²) < 4.78 is 11.1. The molecular formula is C11H21NO2S. The Morgan fingerprint density at radius 3 is 2.87 bits per heavy atom. The average Bonchev–Trinajstić information content (AvgIpc) is 2.29. The largest absolute Gasteiger partial charge is 0.353 e. The summed E-state index contributed by atoms with van der Waals surface area (Å²) in [6.45, 7) is 6.39. The Morgan fingerprint density at radius 1 is 1.33 bits per heavy atom. The summed E-state index contributed by atoms with van der Waals surface area (Å²) in [6.07, 6.45) is 2.13. The van der Waals surface area contributed by atoms with Crippen LogP contribution < -0.4 is 0 Å². The molecule has 0 spiro atoms. The van der Waals surface area contributed by atoms with Gasteiger partial charge in [0.25, 0.3) is 0 Å². The Labute approximate surface area is 96.5 Å². The van der Waals surface area contributed by atoms with E-state index in [0.29, 0.717) is 6.04 Å². The highest BCUT2D eigenvalue weighted by molar-refractivity contribution is 7.99. The molecule has 0 radical (unpaired) electrons. The van der Waals surface area contributed by atoms with Gasteiger partial charge < -0.3 is 9.47 Å². The molecule has 0 aromatic rings. The van der Waals surface area contributed by atoms with E-state index in [0.717, 1.165) is 32.6 Å². The maximum atomic E-state index is 5.55. The van der Waals surface area contributed by atoms with Gasteiger partial charge in [0.1, 0.15) is 0 Å². The van der Waals surface area contributed by atoms with Crippen molar-refractivity contribution < 1.29 is 9.47 Å². The second kappa shape index (κ2) is 6.09. The Kier molecular flexibility index (Phi) is 4.75. The molecule has 0 aromatic carbocycles. The van der Waals surface area contributed by atoms with Gasteiger partial charge in [-0.3, -0.25) is 4.90 Å². The molecule has 0 aliphatic carbocycles. The molecule has 1 unspecified atom stereocenters. The van der Waals surface area contributed by atoms with Crippen LogP contribution in [0.4, 0.5) is 0 Å². The van der Waals surface area contributed by atoms with Crippen molar-refractivity contribution in [2.45, 2.75) is 32.1 Å². The molecule has 2 fully saturated rings. The zero-order valence-electron chi connectivity index (χ0n) is 9.48. The van der Waals surface area contributed by atoms with Crippen LogP contribution in [0.15, 0.2) is 0 Å². The van der Waals surface area contributed by atoms with Crippen molar-refractivity contribution in [1.29, 1.82) is 0 Å². The summed E-state index contributed by atoms with van der Waals surface area (Å²) in [4.78, 5) is 2.55. The normalized spacial score (nSPS) is 30.6. The minimum Gasteiger partial charge on any atom is -0.353 e. The van der Waals surface area contributed by atoms with Gasteiger partial charge >= 0.3 is 0 Å². The molecule has 0 saturated carbocycles. The third kappa shape index (κ3) is 3.63.